The quantitative estimate of drug-likeness (QED) is 0.867. The van der Waals surface area contributed by atoms with Crippen LogP contribution < -0.4 is 10.2 Å². The summed E-state index contributed by atoms with van der Waals surface area (Å²) in [5.41, 5.74) is 3.99. The van der Waals surface area contributed by atoms with Gasteiger partial charge in [-0.05, 0) is 61.8 Å². The second kappa shape index (κ2) is 5.79. The van der Waals surface area contributed by atoms with Gasteiger partial charge in [0.15, 0.2) is 0 Å². The molecule has 2 fully saturated rings. The summed E-state index contributed by atoms with van der Waals surface area (Å²) in [6.45, 7) is -2.87. The van der Waals surface area contributed by atoms with Crippen LogP contribution in [0.5, 0.6) is 5.75 Å². The Kier molecular flexibility index (Phi) is 3.86. The van der Waals surface area contributed by atoms with Crippen molar-refractivity contribution in [1.82, 2.24) is 5.43 Å². The second-order valence-corrected chi connectivity index (χ2v) is 5.53. The molecule has 0 aromatic heterocycles. The van der Waals surface area contributed by atoms with Gasteiger partial charge in [-0.2, -0.15) is 13.9 Å². The van der Waals surface area contributed by atoms with E-state index in [1.54, 1.807) is 0 Å². The molecule has 1 aromatic carbocycles. The molecule has 3 rings (SSSR count). The standard InChI is InChI=1S/C15H16F2N2O2/c16-15(17)21-12-5-3-10(4-6-12)14(20)19-18-13-8-9-1-2-11(13)7-9/h3-6,9,11,15H,1-2,7-8H2,(H,19,20)/b18-13+/t9-,11+/m0/s1. The number of ether oxygens (including phenoxy) is 1. The molecule has 0 saturated heterocycles. The van der Waals surface area contributed by atoms with Crippen molar-refractivity contribution < 1.29 is 18.3 Å². The Morgan fingerprint density at radius 1 is 1.29 bits per heavy atom. The predicted molar refractivity (Wildman–Crippen MR) is 73.4 cm³/mol. The Morgan fingerprint density at radius 2 is 2.05 bits per heavy atom. The average molecular weight is 294 g/mol. The Balaban J connectivity index is 1.59. The van der Waals surface area contributed by atoms with Gasteiger partial charge in [0, 0.05) is 11.3 Å². The molecule has 6 heteroatoms. The molecule has 2 aliphatic rings. The minimum atomic E-state index is -2.87. The van der Waals surface area contributed by atoms with E-state index in [1.807, 2.05) is 0 Å². The maximum absolute atomic E-state index is 12.0. The van der Waals surface area contributed by atoms with Gasteiger partial charge < -0.3 is 4.74 Å². The number of carbonyl (C=O) groups is 1. The fourth-order valence-electron chi connectivity index (χ4n) is 3.14. The molecular formula is C15H16F2N2O2. The van der Waals surface area contributed by atoms with Gasteiger partial charge in [0.2, 0.25) is 0 Å². The van der Waals surface area contributed by atoms with Crippen LogP contribution in [0.25, 0.3) is 0 Å². The highest BCUT2D eigenvalue weighted by Gasteiger charge is 2.36. The number of hydrogen-bond donors (Lipinski definition) is 1. The maximum atomic E-state index is 12.0. The SMILES string of the molecule is O=C(N/N=C1\C[C@H]2CC[C@@H]1C2)c1ccc(OC(F)F)cc1. The van der Waals surface area contributed by atoms with E-state index in [2.05, 4.69) is 15.3 Å². The molecule has 1 N–H and O–H groups in total. The number of amides is 1. The topological polar surface area (TPSA) is 50.7 Å². The summed E-state index contributed by atoms with van der Waals surface area (Å²) in [4.78, 5) is 11.9. The summed E-state index contributed by atoms with van der Waals surface area (Å²) in [7, 11) is 0. The van der Waals surface area contributed by atoms with Crippen molar-refractivity contribution in [2.45, 2.75) is 32.3 Å². The molecule has 0 unspecified atom stereocenters. The van der Waals surface area contributed by atoms with E-state index in [9.17, 15) is 13.6 Å². The molecule has 2 saturated carbocycles. The molecule has 0 spiro atoms. The van der Waals surface area contributed by atoms with E-state index < -0.39 is 6.61 Å². The minimum absolute atomic E-state index is 0.0287. The van der Waals surface area contributed by atoms with Crippen LogP contribution in [0.15, 0.2) is 29.4 Å². The Hall–Kier alpha value is -1.98. The van der Waals surface area contributed by atoms with Crippen molar-refractivity contribution in [2.75, 3.05) is 0 Å². The van der Waals surface area contributed by atoms with E-state index in [4.69, 9.17) is 0 Å². The van der Waals surface area contributed by atoms with Gasteiger partial charge in [-0.25, -0.2) is 5.43 Å². The third-order valence-electron chi connectivity index (χ3n) is 4.15. The van der Waals surface area contributed by atoms with Gasteiger partial charge in [-0.15, -0.1) is 0 Å². The van der Waals surface area contributed by atoms with Crippen molar-refractivity contribution in [2.24, 2.45) is 16.9 Å². The summed E-state index contributed by atoms with van der Waals surface area (Å²) in [6.07, 6.45) is 4.60. The third-order valence-corrected chi connectivity index (χ3v) is 4.15. The van der Waals surface area contributed by atoms with E-state index in [0.717, 1.165) is 18.1 Å². The summed E-state index contributed by atoms with van der Waals surface area (Å²) >= 11 is 0. The number of alkyl halides is 2. The van der Waals surface area contributed by atoms with Crippen molar-refractivity contribution in [3.63, 3.8) is 0 Å². The lowest BCUT2D eigenvalue weighted by Crippen LogP contribution is -2.21. The number of nitrogens with one attached hydrogen (secondary N) is 1. The molecule has 1 amide bonds. The van der Waals surface area contributed by atoms with E-state index >= 15 is 0 Å². The minimum Gasteiger partial charge on any atom is -0.435 e. The number of nitrogens with zero attached hydrogens (tertiary/aromatic N) is 1. The Morgan fingerprint density at radius 3 is 2.62 bits per heavy atom. The molecule has 0 radical (unpaired) electrons. The van der Waals surface area contributed by atoms with Crippen LogP contribution in [-0.4, -0.2) is 18.2 Å². The van der Waals surface area contributed by atoms with Gasteiger partial charge in [-0.3, -0.25) is 4.79 Å². The molecule has 2 aliphatic carbocycles. The highest BCUT2D eigenvalue weighted by molar-refractivity contribution is 5.96. The van der Waals surface area contributed by atoms with Gasteiger partial charge in [-0.1, -0.05) is 0 Å². The lowest BCUT2D eigenvalue weighted by molar-refractivity contribution is -0.0498. The zero-order valence-corrected chi connectivity index (χ0v) is 11.4. The largest absolute Gasteiger partial charge is 0.435 e. The van der Waals surface area contributed by atoms with Gasteiger partial charge >= 0.3 is 6.61 Å². The number of rotatable bonds is 4. The summed E-state index contributed by atoms with van der Waals surface area (Å²) < 4.78 is 28.3. The van der Waals surface area contributed by atoms with Crippen molar-refractivity contribution in [1.29, 1.82) is 0 Å². The lowest BCUT2D eigenvalue weighted by Gasteiger charge is -2.11. The number of halogens is 2. The fourth-order valence-corrected chi connectivity index (χ4v) is 3.14. The second-order valence-electron chi connectivity index (χ2n) is 5.53. The van der Waals surface area contributed by atoms with Crippen LogP contribution in [0.2, 0.25) is 0 Å². The number of carbonyl (C=O) groups excluding carboxylic acids is 1. The van der Waals surface area contributed by atoms with Crippen LogP contribution in [0.3, 0.4) is 0 Å². The van der Waals surface area contributed by atoms with Crippen LogP contribution in [0, 0.1) is 11.8 Å². The van der Waals surface area contributed by atoms with Crippen LogP contribution in [-0.2, 0) is 0 Å². The summed E-state index contributed by atoms with van der Waals surface area (Å²) in [6, 6.07) is 5.56. The molecule has 2 atom stereocenters. The van der Waals surface area contributed by atoms with Crippen molar-refractivity contribution in [3.05, 3.63) is 29.8 Å². The van der Waals surface area contributed by atoms with Gasteiger partial charge in [0.25, 0.3) is 5.91 Å². The normalized spacial score (nSPS) is 25.6. The number of fused-ring (bicyclic) bond motifs is 2. The molecule has 0 heterocycles. The molecule has 2 bridgehead atoms. The fraction of sp³-hybridized carbons (Fsp3) is 0.467. The monoisotopic (exact) mass is 294 g/mol. The molecule has 112 valence electrons. The smallest absolute Gasteiger partial charge is 0.387 e. The predicted octanol–water partition coefficient (Wildman–Crippen LogP) is 3.19. The molecule has 4 nitrogen and oxygen atoms in total. The van der Waals surface area contributed by atoms with E-state index in [-0.39, 0.29) is 11.7 Å². The number of benzene rings is 1. The van der Waals surface area contributed by atoms with Gasteiger partial charge in [0.1, 0.15) is 5.75 Å². The maximum Gasteiger partial charge on any atom is 0.387 e. The van der Waals surface area contributed by atoms with E-state index in [0.29, 0.717) is 11.5 Å². The average Bonchev–Trinajstić information content (AvgIpc) is 3.07. The van der Waals surface area contributed by atoms with Crippen LogP contribution in [0.4, 0.5) is 8.78 Å². The first-order valence-electron chi connectivity index (χ1n) is 7.03. The number of hydrazone groups is 1. The van der Waals surface area contributed by atoms with Crippen LogP contribution in [0.1, 0.15) is 36.0 Å². The molecular weight excluding hydrogens is 278 g/mol. The molecule has 1 aromatic rings. The summed E-state index contributed by atoms with van der Waals surface area (Å²) in [5, 5.41) is 4.22. The zero-order valence-electron chi connectivity index (χ0n) is 11.4. The Bertz CT molecular complexity index is 557. The zero-order chi connectivity index (χ0) is 14.8. The first-order chi connectivity index (χ1) is 10.1. The first kappa shape index (κ1) is 14.0. The first-order valence-corrected chi connectivity index (χ1v) is 7.03. The van der Waals surface area contributed by atoms with Crippen LogP contribution >= 0.6 is 0 Å². The lowest BCUT2D eigenvalue weighted by atomic mass is 9.99. The number of hydrogen-bond acceptors (Lipinski definition) is 3. The van der Waals surface area contributed by atoms with Crippen molar-refractivity contribution >= 4 is 11.6 Å². The van der Waals surface area contributed by atoms with Crippen molar-refractivity contribution in [3.8, 4) is 5.75 Å². The van der Waals surface area contributed by atoms with Gasteiger partial charge in [0.05, 0.1) is 0 Å². The molecule has 21 heavy (non-hydrogen) atoms. The Labute approximate surface area is 121 Å². The third kappa shape index (κ3) is 3.20. The highest BCUT2D eigenvalue weighted by Crippen LogP contribution is 2.42. The molecule has 0 aliphatic heterocycles. The summed E-state index contributed by atoms with van der Waals surface area (Å²) in [5.74, 6) is 0.948. The van der Waals surface area contributed by atoms with E-state index in [1.165, 1.54) is 43.5 Å². The highest BCUT2D eigenvalue weighted by atomic mass is 19.3.